The van der Waals surface area contributed by atoms with Crippen LogP contribution >= 0.6 is 0 Å². The molecule has 0 aliphatic rings. The Morgan fingerprint density at radius 1 is 1.50 bits per heavy atom. The summed E-state index contributed by atoms with van der Waals surface area (Å²) < 4.78 is 0. The summed E-state index contributed by atoms with van der Waals surface area (Å²) in [5.41, 5.74) is 0.839. The molecule has 0 aliphatic heterocycles. The van der Waals surface area contributed by atoms with Gasteiger partial charge < -0.3 is 10.3 Å². The maximum Gasteiger partial charge on any atom is 0.0555 e. The quantitative estimate of drug-likeness (QED) is 0.577. The third-order valence-electron chi connectivity index (χ3n) is 1.06. The van der Waals surface area contributed by atoms with Crippen LogP contribution in [-0.4, -0.2) is 38.5 Å². The molecule has 0 atom stereocenters. The van der Waals surface area contributed by atoms with Crippen LogP contribution in [0.15, 0.2) is 16.8 Å². The fraction of sp³-hybridized carbons (Fsp3) is 0.429. The first-order valence-electron chi connectivity index (χ1n) is 3.02. The topological polar surface area (TPSA) is 39.5 Å². The molecule has 0 aliphatic carbocycles. The van der Waals surface area contributed by atoms with Crippen molar-refractivity contribution in [2.24, 2.45) is 4.99 Å². The van der Waals surface area contributed by atoms with Crippen molar-refractivity contribution < 1.29 is 0 Å². The smallest absolute Gasteiger partial charge is 0.0555 e. The molecule has 0 aromatic rings. The van der Waals surface area contributed by atoms with Crippen LogP contribution < -0.4 is 0 Å². The average Bonchev–Trinajstić information content (AvgIpc) is 1.89. The Hall–Kier alpha value is -1.12. The number of nitrogens with zero attached hydrogens (tertiary/aromatic N) is 2. The minimum absolute atomic E-state index is 0.839. The Morgan fingerprint density at radius 3 is 2.40 bits per heavy atom. The van der Waals surface area contributed by atoms with Crippen LogP contribution in [0, 0.1) is 5.41 Å². The zero-order valence-corrected chi connectivity index (χ0v) is 6.63. The lowest BCUT2D eigenvalue weighted by atomic mass is 10.4. The molecule has 0 saturated carbocycles. The fourth-order valence-corrected chi connectivity index (χ4v) is 0.477. The van der Waals surface area contributed by atoms with Crippen molar-refractivity contribution >= 4 is 12.4 Å². The van der Waals surface area contributed by atoms with Crippen molar-refractivity contribution in [1.29, 1.82) is 5.41 Å². The van der Waals surface area contributed by atoms with Crippen LogP contribution in [0.5, 0.6) is 0 Å². The van der Waals surface area contributed by atoms with E-state index in [0.29, 0.717) is 0 Å². The summed E-state index contributed by atoms with van der Waals surface area (Å²) in [6, 6.07) is 0. The zero-order chi connectivity index (χ0) is 7.98. The highest BCUT2D eigenvalue weighted by Gasteiger charge is 1.90. The average molecular weight is 139 g/mol. The molecule has 3 heteroatoms. The molecule has 0 saturated heterocycles. The van der Waals surface area contributed by atoms with Crippen LogP contribution in [0.3, 0.4) is 0 Å². The van der Waals surface area contributed by atoms with Gasteiger partial charge in [-0.15, -0.1) is 0 Å². The first-order chi connectivity index (χ1) is 4.72. The van der Waals surface area contributed by atoms with Crippen LogP contribution in [0.4, 0.5) is 0 Å². The van der Waals surface area contributed by atoms with E-state index in [1.165, 1.54) is 6.21 Å². The Morgan fingerprint density at radius 2 is 2.10 bits per heavy atom. The summed E-state index contributed by atoms with van der Waals surface area (Å²) in [6.07, 6.45) is 4.75. The van der Waals surface area contributed by atoms with Gasteiger partial charge in [0, 0.05) is 33.6 Å². The predicted octanol–water partition coefficient (Wildman–Crippen LogP) is 0.782. The van der Waals surface area contributed by atoms with Gasteiger partial charge in [0.25, 0.3) is 0 Å². The lowest BCUT2D eigenvalue weighted by Gasteiger charge is -2.10. The van der Waals surface area contributed by atoms with Gasteiger partial charge in [-0.2, -0.15) is 0 Å². The minimum Gasteiger partial charge on any atom is -0.376 e. The monoisotopic (exact) mass is 139 g/mol. The molecule has 3 nitrogen and oxygen atoms in total. The Bertz CT molecular complexity index is 156. The Labute approximate surface area is 61.6 Å². The fourth-order valence-electron chi connectivity index (χ4n) is 0.477. The van der Waals surface area contributed by atoms with Crippen LogP contribution in [0.25, 0.3) is 0 Å². The highest BCUT2D eigenvalue weighted by molar-refractivity contribution is 5.84. The van der Waals surface area contributed by atoms with E-state index in [-0.39, 0.29) is 0 Å². The number of rotatable bonds is 3. The van der Waals surface area contributed by atoms with Gasteiger partial charge in [-0.3, -0.25) is 4.99 Å². The number of hydrogen-bond acceptors (Lipinski definition) is 3. The van der Waals surface area contributed by atoms with Gasteiger partial charge in [0.1, 0.15) is 0 Å². The second-order valence-electron chi connectivity index (χ2n) is 2.04. The molecule has 0 spiro atoms. The second kappa shape index (κ2) is 4.73. The van der Waals surface area contributed by atoms with E-state index in [9.17, 15) is 0 Å². The van der Waals surface area contributed by atoms with E-state index in [1.807, 2.05) is 19.0 Å². The molecule has 0 heterocycles. The molecule has 0 unspecified atom stereocenters. The van der Waals surface area contributed by atoms with Crippen LogP contribution in [-0.2, 0) is 0 Å². The molecular formula is C7H13N3. The predicted molar refractivity (Wildman–Crippen MR) is 45.0 cm³/mol. The summed E-state index contributed by atoms with van der Waals surface area (Å²) in [5, 5.41) is 6.97. The molecule has 0 amide bonds. The summed E-state index contributed by atoms with van der Waals surface area (Å²) >= 11 is 0. The molecule has 0 rings (SSSR count). The van der Waals surface area contributed by atoms with Crippen molar-refractivity contribution in [2.45, 2.75) is 0 Å². The molecule has 0 bridgehead atoms. The molecule has 0 aromatic heterocycles. The first kappa shape index (κ1) is 8.88. The van der Waals surface area contributed by atoms with Crippen molar-refractivity contribution in [3.63, 3.8) is 0 Å². The Kier molecular flexibility index (Phi) is 4.20. The van der Waals surface area contributed by atoms with Crippen LogP contribution in [0.1, 0.15) is 0 Å². The normalized spacial score (nSPS) is 12.1. The lowest BCUT2D eigenvalue weighted by molar-refractivity contribution is 0.542. The number of hydrogen-bond donors (Lipinski definition) is 1. The Balaban J connectivity index is 4.18. The maximum absolute atomic E-state index is 6.97. The SMILES string of the molecule is C/N=C/C=C(\C=N)N(C)C. The second-order valence-corrected chi connectivity index (χ2v) is 2.04. The third-order valence-corrected chi connectivity index (χ3v) is 1.06. The van der Waals surface area contributed by atoms with E-state index in [4.69, 9.17) is 5.41 Å². The highest BCUT2D eigenvalue weighted by atomic mass is 15.1. The van der Waals surface area contributed by atoms with Crippen molar-refractivity contribution in [3.05, 3.63) is 11.8 Å². The number of nitrogens with one attached hydrogen (secondary N) is 1. The van der Waals surface area contributed by atoms with E-state index < -0.39 is 0 Å². The van der Waals surface area contributed by atoms with Gasteiger partial charge in [0.05, 0.1) is 5.70 Å². The third kappa shape index (κ3) is 3.02. The zero-order valence-electron chi connectivity index (χ0n) is 6.63. The molecule has 0 fully saturated rings. The molecule has 56 valence electrons. The summed E-state index contributed by atoms with van der Waals surface area (Å²) in [5.74, 6) is 0. The first-order valence-corrected chi connectivity index (χ1v) is 3.02. The van der Waals surface area contributed by atoms with Gasteiger partial charge in [-0.25, -0.2) is 0 Å². The largest absolute Gasteiger partial charge is 0.376 e. The standard InChI is InChI=1S/C7H13N3/c1-9-5-4-7(6-8)10(2)3/h4-6,8H,1-3H3/b7-4+,8-6?,9-5+. The highest BCUT2D eigenvalue weighted by Crippen LogP contribution is 1.90. The van der Waals surface area contributed by atoms with E-state index in [2.05, 4.69) is 4.99 Å². The van der Waals surface area contributed by atoms with Crippen molar-refractivity contribution in [3.8, 4) is 0 Å². The van der Waals surface area contributed by atoms with E-state index in [0.717, 1.165) is 5.70 Å². The van der Waals surface area contributed by atoms with Crippen LogP contribution in [0.2, 0.25) is 0 Å². The number of allylic oxidation sites excluding steroid dienone is 2. The van der Waals surface area contributed by atoms with Gasteiger partial charge in [-0.1, -0.05) is 0 Å². The lowest BCUT2D eigenvalue weighted by Crippen LogP contribution is -2.11. The molecule has 1 N–H and O–H groups in total. The van der Waals surface area contributed by atoms with Gasteiger partial charge in [-0.05, 0) is 6.08 Å². The van der Waals surface area contributed by atoms with Gasteiger partial charge in [0.2, 0.25) is 0 Å². The molecule has 0 radical (unpaired) electrons. The van der Waals surface area contributed by atoms with Crippen molar-refractivity contribution in [1.82, 2.24) is 4.90 Å². The number of aliphatic imine (C=N–C) groups is 1. The summed E-state index contributed by atoms with van der Waals surface area (Å²) in [6.45, 7) is 0. The van der Waals surface area contributed by atoms with Gasteiger partial charge in [0.15, 0.2) is 0 Å². The van der Waals surface area contributed by atoms with E-state index in [1.54, 1.807) is 19.3 Å². The van der Waals surface area contributed by atoms with Crippen molar-refractivity contribution in [2.75, 3.05) is 21.1 Å². The molecule has 0 aromatic carbocycles. The maximum atomic E-state index is 6.97. The van der Waals surface area contributed by atoms with E-state index >= 15 is 0 Å². The molecular weight excluding hydrogens is 126 g/mol. The summed E-state index contributed by atoms with van der Waals surface area (Å²) in [7, 11) is 5.48. The van der Waals surface area contributed by atoms with Gasteiger partial charge >= 0.3 is 0 Å². The minimum atomic E-state index is 0.839. The molecule has 10 heavy (non-hydrogen) atoms. The summed E-state index contributed by atoms with van der Waals surface area (Å²) in [4.78, 5) is 5.63.